The highest BCUT2D eigenvalue weighted by Gasteiger charge is 2.34. The monoisotopic (exact) mass is 279 g/mol. The van der Waals surface area contributed by atoms with Crippen molar-refractivity contribution in [1.82, 2.24) is 14.9 Å². The summed E-state index contributed by atoms with van der Waals surface area (Å²) in [5.74, 6) is 3.80. The van der Waals surface area contributed by atoms with E-state index in [-0.39, 0.29) is 0 Å². The summed E-state index contributed by atoms with van der Waals surface area (Å²) in [7, 11) is -0.572. The average molecular weight is 279 g/mol. The molecule has 2 aliphatic heterocycles. The highest BCUT2D eigenvalue weighted by Crippen LogP contribution is 2.42. The van der Waals surface area contributed by atoms with Gasteiger partial charge in [-0.25, -0.2) is 4.98 Å². The Morgan fingerprint density at radius 3 is 2.74 bits per heavy atom. The number of hydrogen-bond acceptors (Lipinski definition) is 3. The first-order valence-electron chi connectivity index (χ1n) is 7.48. The molecule has 0 atom stereocenters. The van der Waals surface area contributed by atoms with Crippen LogP contribution in [-0.2, 0) is 23.8 Å². The molecule has 0 amide bonds. The van der Waals surface area contributed by atoms with Crippen molar-refractivity contribution in [2.45, 2.75) is 50.6 Å². The summed E-state index contributed by atoms with van der Waals surface area (Å²) >= 11 is 0. The molecule has 3 aliphatic rings. The first kappa shape index (κ1) is 12.1. The Bertz CT molecular complexity index is 511. The van der Waals surface area contributed by atoms with Crippen LogP contribution in [-0.4, -0.2) is 31.8 Å². The summed E-state index contributed by atoms with van der Waals surface area (Å²) in [6.07, 6.45) is 5.86. The number of aromatic nitrogens is 2. The smallest absolute Gasteiger partial charge is 0.112 e. The van der Waals surface area contributed by atoms with Gasteiger partial charge in [0.25, 0.3) is 0 Å². The van der Waals surface area contributed by atoms with Gasteiger partial charge in [0.1, 0.15) is 5.82 Å². The molecule has 2 fully saturated rings. The topological polar surface area (TPSA) is 46.9 Å². The van der Waals surface area contributed by atoms with Crippen molar-refractivity contribution in [2.75, 3.05) is 18.1 Å². The normalized spacial score (nSPS) is 31.2. The SMILES string of the molecule is O=S1CCC(n2c(C3CC3)nc3c2CCNC3)CC1. The van der Waals surface area contributed by atoms with Crippen molar-refractivity contribution in [1.29, 1.82) is 0 Å². The number of nitrogens with zero attached hydrogens (tertiary/aromatic N) is 2. The molecular weight excluding hydrogens is 258 g/mol. The van der Waals surface area contributed by atoms with Crippen molar-refractivity contribution in [3.63, 3.8) is 0 Å². The summed E-state index contributed by atoms with van der Waals surface area (Å²) in [5, 5.41) is 3.43. The van der Waals surface area contributed by atoms with Crippen molar-refractivity contribution < 1.29 is 4.21 Å². The second-order valence-electron chi connectivity index (χ2n) is 6.01. The number of imidazole rings is 1. The molecular formula is C14H21N3OS. The van der Waals surface area contributed by atoms with E-state index in [0.29, 0.717) is 12.0 Å². The molecule has 0 spiro atoms. The number of fused-ring (bicyclic) bond motifs is 1. The Morgan fingerprint density at radius 1 is 1.21 bits per heavy atom. The van der Waals surface area contributed by atoms with Crippen LogP contribution in [0.3, 0.4) is 0 Å². The quantitative estimate of drug-likeness (QED) is 0.892. The molecule has 1 aliphatic carbocycles. The summed E-state index contributed by atoms with van der Waals surface area (Å²) in [5.41, 5.74) is 2.75. The minimum absolute atomic E-state index is 0.558. The molecule has 5 heteroatoms. The van der Waals surface area contributed by atoms with Crippen molar-refractivity contribution in [3.05, 3.63) is 17.2 Å². The molecule has 4 rings (SSSR count). The molecule has 3 heterocycles. The van der Waals surface area contributed by atoms with E-state index in [1.54, 1.807) is 0 Å². The van der Waals surface area contributed by atoms with E-state index in [9.17, 15) is 4.21 Å². The predicted octanol–water partition coefficient (Wildman–Crippen LogP) is 1.49. The fourth-order valence-corrected chi connectivity index (χ4v) is 4.70. The van der Waals surface area contributed by atoms with Crippen molar-refractivity contribution in [2.24, 2.45) is 0 Å². The Hall–Kier alpha value is -0.680. The Labute approximate surface area is 116 Å². The number of nitrogens with one attached hydrogen (secondary N) is 1. The number of hydrogen-bond donors (Lipinski definition) is 1. The molecule has 104 valence electrons. The van der Waals surface area contributed by atoms with Crippen LogP contribution in [0.1, 0.15) is 54.9 Å². The molecule has 1 N–H and O–H groups in total. The highest BCUT2D eigenvalue weighted by atomic mass is 32.2. The van der Waals surface area contributed by atoms with Crippen LogP contribution in [0.4, 0.5) is 0 Å². The first-order valence-corrected chi connectivity index (χ1v) is 8.97. The zero-order valence-electron chi connectivity index (χ0n) is 11.2. The summed E-state index contributed by atoms with van der Waals surface area (Å²) in [6.45, 7) is 2.00. The zero-order valence-corrected chi connectivity index (χ0v) is 12.0. The van der Waals surface area contributed by atoms with E-state index in [1.807, 2.05) is 0 Å². The molecule has 0 aromatic carbocycles. The van der Waals surface area contributed by atoms with Gasteiger partial charge in [-0.3, -0.25) is 4.21 Å². The maximum Gasteiger partial charge on any atom is 0.112 e. The lowest BCUT2D eigenvalue weighted by Gasteiger charge is -2.27. The molecule has 1 saturated carbocycles. The Kier molecular flexibility index (Phi) is 2.99. The molecule has 1 aromatic rings. The zero-order chi connectivity index (χ0) is 12.8. The van der Waals surface area contributed by atoms with Crippen LogP contribution in [0.5, 0.6) is 0 Å². The maximum atomic E-state index is 11.6. The average Bonchev–Trinajstić information content (AvgIpc) is 3.21. The van der Waals surface area contributed by atoms with Crippen LogP contribution in [0.15, 0.2) is 0 Å². The van der Waals surface area contributed by atoms with Gasteiger partial charge in [0.2, 0.25) is 0 Å². The van der Waals surface area contributed by atoms with Crippen LogP contribution in [0.25, 0.3) is 0 Å². The lowest BCUT2D eigenvalue weighted by atomic mass is 10.1. The van der Waals surface area contributed by atoms with Gasteiger partial charge in [-0.05, 0) is 25.7 Å². The van der Waals surface area contributed by atoms with E-state index in [4.69, 9.17) is 4.98 Å². The summed E-state index contributed by atoms with van der Waals surface area (Å²) in [6, 6.07) is 0.558. The van der Waals surface area contributed by atoms with E-state index >= 15 is 0 Å². The minimum atomic E-state index is -0.572. The van der Waals surface area contributed by atoms with E-state index < -0.39 is 10.8 Å². The van der Waals surface area contributed by atoms with Crippen LogP contribution >= 0.6 is 0 Å². The van der Waals surface area contributed by atoms with E-state index in [2.05, 4.69) is 9.88 Å². The third-order valence-corrected chi connectivity index (χ3v) is 6.00. The van der Waals surface area contributed by atoms with Gasteiger partial charge in [-0.15, -0.1) is 0 Å². The predicted molar refractivity (Wildman–Crippen MR) is 75.8 cm³/mol. The Morgan fingerprint density at radius 2 is 2.00 bits per heavy atom. The molecule has 0 radical (unpaired) electrons. The highest BCUT2D eigenvalue weighted by molar-refractivity contribution is 7.85. The molecule has 4 nitrogen and oxygen atoms in total. The molecule has 19 heavy (non-hydrogen) atoms. The molecule has 0 unspecified atom stereocenters. The number of rotatable bonds is 2. The van der Waals surface area contributed by atoms with Gasteiger partial charge in [-0.1, -0.05) is 0 Å². The van der Waals surface area contributed by atoms with Gasteiger partial charge in [0.15, 0.2) is 0 Å². The second kappa shape index (κ2) is 4.70. The molecule has 1 saturated heterocycles. The van der Waals surface area contributed by atoms with E-state index in [0.717, 1.165) is 43.9 Å². The lowest BCUT2D eigenvalue weighted by molar-refractivity contribution is 0.429. The minimum Gasteiger partial charge on any atom is -0.328 e. The third kappa shape index (κ3) is 2.17. The van der Waals surface area contributed by atoms with Gasteiger partial charge < -0.3 is 9.88 Å². The van der Waals surface area contributed by atoms with Crippen LogP contribution < -0.4 is 5.32 Å². The standard InChI is InChI=1S/C14H21N3OS/c18-19-7-4-11(5-8-19)17-13-3-6-15-9-12(13)16-14(17)10-1-2-10/h10-11,15H,1-9H2. The second-order valence-corrected chi connectivity index (χ2v) is 7.71. The van der Waals surface area contributed by atoms with E-state index in [1.165, 1.54) is 30.1 Å². The molecule has 0 bridgehead atoms. The largest absolute Gasteiger partial charge is 0.328 e. The Balaban J connectivity index is 1.72. The van der Waals surface area contributed by atoms with Crippen molar-refractivity contribution >= 4 is 10.8 Å². The summed E-state index contributed by atoms with van der Waals surface area (Å²) in [4.78, 5) is 4.93. The van der Waals surface area contributed by atoms with Crippen LogP contribution in [0.2, 0.25) is 0 Å². The van der Waals surface area contributed by atoms with Gasteiger partial charge in [-0.2, -0.15) is 0 Å². The fourth-order valence-electron chi connectivity index (χ4n) is 3.43. The third-order valence-electron chi connectivity index (χ3n) is 4.62. The molecule has 1 aromatic heterocycles. The fraction of sp³-hybridized carbons (Fsp3) is 0.786. The van der Waals surface area contributed by atoms with Gasteiger partial charge in [0.05, 0.1) is 5.69 Å². The first-order chi connectivity index (χ1) is 9.33. The summed E-state index contributed by atoms with van der Waals surface area (Å²) < 4.78 is 14.1. The maximum absolute atomic E-state index is 11.6. The van der Waals surface area contributed by atoms with Crippen LogP contribution in [0, 0.1) is 0 Å². The van der Waals surface area contributed by atoms with Gasteiger partial charge >= 0.3 is 0 Å². The van der Waals surface area contributed by atoms with Gasteiger partial charge in [0, 0.05) is 59.5 Å². The van der Waals surface area contributed by atoms with Crippen molar-refractivity contribution in [3.8, 4) is 0 Å². The lowest BCUT2D eigenvalue weighted by Crippen LogP contribution is -2.28.